The number of halogens is 4. The first-order valence-electron chi connectivity index (χ1n) is 7.65. The molecule has 148 valence electrons. The monoisotopic (exact) mass is 442 g/mol. The zero-order valence-corrected chi connectivity index (χ0v) is 16.3. The average molecular weight is 443 g/mol. The van der Waals surface area contributed by atoms with Gasteiger partial charge in [0.2, 0.25) is 0 Å². The van der Waals surface area contributed by atoms with E-state index in [0.29, 0.717) is 0 Å². The van der Waals surface area contributed by atoms with Crippen LogP contribution in [0.15, 0.2) is 23.2 Å². The maximum absolute atomic E-state index is 13.1. The van der Waals surface area contributed by atoms with Crippen LogP contribution in [0.2, 0.25) is 5.02 Å². The summed E-state index contributed by atoms with van der Waals surface area (Å²) in [6.07, 6.45) is -4.60. The van der Waals surface area contributed by atoms with E-state index < -0.39 is 38.8 Å². The summed E-state index contributed by atoms with van der Waals surface area (Å²) >= 11 is 7.16. The molecule has 12 heteroatoms. The van der Waals surface area contributed by atoms with Crippen LogP contribution in [-0.4, -0.2) is 56.0 Å². The number of amides is 1. The van der Waals surface area contributed by atoms with Crippen molar-refractivity contribution in [1.82, 2.24) is 0 Å². The van der Waals surface area contributed by atoms with Crippen LogP contribution in [0, 0.1) is 0 Å². The Morgan fingerprint density at radius 2 is 2.11 bits per heavy atom. The zero-order valence-electron chi connectivity index (χ0n) is 13.9. The molecule has 0 bridgehead atoms. The molecule has 1 aromatic rings. The zero-order chi connectivity index (χ0) is 20.0. The first-order valence-corrected chi connectivity index (χ1v) is 10.7. The third-order valence-electron chi connectivity index (χ3n) is 4.09. The summed E-state index contributed by atoms with van der Waals surface area (Å²) in [5.74, 6) is -1.03. The summed E-state index contributed by atoms with van der Waals surface area (Å²) in [5, 5.41) is -0.335. The number of hydrogen-bond acceptors (Lipinski definition) is 5. The number of sulfone groups is 1. The number of carbonyl (C=O) groups excluding carboxylic acids is 1. The van der Waals surface area contributed by atoms with Gasteiger partial charge < -0.3 is 9.64 Å². The van der Waals surface area contributed by atoms with E-state index in [1.54, 1.807) is 0 Å². The third kappa shape index (κ3) is 4.25. The number of alkyl halides is 3. The van der Waals surface area contributed by atoms with Crippen LogP contribution in [0.25, 0.3) is 0 Å². The van der Waals surface area contributed by atoms with E-state index in [-0.39, 0.29) is 34.0 Å². The van der Waals surface area contributed by atoms with Crippen LogP contribution >= 0.6 is 23.4 Å². The van der Waals surface area contributed by atoms with Gasteiger partial charge in [0.25, 0.3) is 5.91 Å². The first-order chi connectivity index (χ1) is 12.5. The van der Waals surface area contributed by atoms with Crippen molar-refractivity contribution in [2.24, 2.45) is 4.99 Å². The van der Waals surface area contributed by atoms with Crippen molar-refractivity contribution in [2.45, 2.75) is 17.5 Å². The van der Waals surface area contributed by atoms with Crippen molar-refractivity contribution in [3.8, 4) is 0 Å². The van der Waals surface area contributed by atoms with Crippen molar-refractivity contribution in [3.05, 3.63) is 28.8 Å². The minimum atomic E-state index is -4.60. The topological polar surface area (TPSA) is 76.0 Å². The van der Waals surface area contributed by atoms with Crippen molar-refractivity contribution in [3.63, 3.8) is 0 Å². The summed E-state index contributed by atoms with van der Waals surface area (Å²) in [5.41, 5.74) is -0.966. The summed E-state index contributed by atoms with van der Waals surface area (Å²) in [6.45, 7) is -0.304. The van der Waals surface area contributed by atoms with E-state index in [2.05, 4.69) is 4.99 Å². The number of nitrogens with zero attached hydrogens (tertiary/aromatic N) is 2. The van der Waals surface area contributed by atoms with Gasteiger partial charge in [0.05, 0.1) is 33.8 Å². The number of anilines is 1. The predicted octanol–water partition coefficient (Wildman–Crippen LogP) is 2.61. The second-order valence-electron chi connectivity index (χ2n) is 6.06. The van der Waals surface area contributed by atoms with Crippen LogP contribution < -0.4 is 4.90 Å². The highest BCUT2D eigenvalue weighted by molar-refractivity contribution is 8.16. The Kier molecular flexibility index (Phi) is 5.50. The maximum atomic E-state index is 13.1. The summed E-state index contributed by atoms with van der Waals surface area (Å²) in [4.78, 5) is 17.1. The molecular formula is C15H14ClF3N2O4S2. The fraction of sp³-hybridized carbons (Fsp3) is 0.467. The molecule has 2 heterocycles. The molecule has 3 rings (SSSR count). The minimum Gasteiger partial charge on any atom is -0.375 e. The number of carbonyl (C=O) groups is 1. The van der Waals surface area contributed by atoms with E-state index in [4.69, 9.17) is 16.3 Å². The van der Waals surface area contributed by atoms with E-state index in [1.807, 2.05) is 0 Å². The Morgan fingerprint density at radius 1 is 1.41 bits per heavy atom. The Balaban J connectivity index is 2.09. The molecule has 1 amide bonds. The smallest absolute Gasteiger partial charge is 0.375 e. The quantitative estimate of drug-likeness (QED) is 0.716. The number of amidine groups is 1. The van der Waals surface area contributed by atoms with Crippen molar-refractivity contribution < 1.29 is 31.1 Å². The number of ether oxygens (including phenoxy) is 1. The van der Waals surface area contributed by atoms with Crippen LogP contribution in [0.1, 0.15) is 5.56 Å². The number of aliphatic imine (C=N–C) groups is 1. The molecule has 0 radical (unpaired) electrons. The summed E-state index contributed by atoms with van der Waals surface area (Å²) < 4.78 is 68.0. The van der Waals surface area contributed by atoms with Gasteiger partial charge in [-0.15, -0.1) is 0 Å². The Morgan fingerprint density at radius 3 is 2.74 bits per heavy atom. The van der Waals surface area contributed by atoms with Gasteiger partial charge in [-0.05, 0) is 18.2 Å². The van der Waals surface area contributed by atoms with Gasteiger partial charge in [-0.1, -0.05) is 23.4 Å². The molecule has 2 saturated heterocycles. The highest BCUT2D eigenvalue weighted by atomic mass is 35.5. The largest absolute Gasteiger partial charge is 0.416 e. The third-order valence-corrected chi connectivity index (χ3v) is 7.62. The fourth-order valence-electron chi connectivity index (χ4n) is 2.98. The number of hydrogen-bond donors (Lipinski definition) is 0. The maximum Gasteiger partial charge on any atom is 0.416 e. The average Bonchev–Trinajstić information content (AvgIpc) is 2.98. The van der Waals surface area contributed by atoms with Gasteiger partial charge in [-0.25, -0.2) is 8.42 Å². The van der Waals surface area contributed by atoms with Crippen molar-refractivity contribution in [1.29, 1.82) is 0 Å². The number of rotatable bonds is 3. The molecule has 6 nitrogen and oxygen atoms in total. The number of benzene rings is 1. The van der Waals surface area contributed by atoms with Gasteiger partial charge in [-0.2, -0.15) is 18.2 Å². The molecule has 0 saturated carbocycles. The highest BCUT2D eigenvalue weighted by Gasteiger charge is 2.50. The second-order valence-corrected chi connectivity index (χ2v) is 9.82. The van der Waals surface area contributed by atoms with Crippen molar-refractivity contribution in [2.75, 3.05) is 30.1 Å². The molecule has 1 aromatic carbocycles. The molecule has 2 fully saturated rings. The Labute approximate surface area is 162 Å². The normalized spacial score (nSPS) is 25.8. The lowest BCUT2D eigenvalue weighted by Gasteiger charge is -2.26. The SMILES string of the molecule is COCC(=O)N=C1S[C@@H]2CS(=O)(=O)C[C@@H]2N1c1cc(C(F)(F)F)ccc1Cl. The van der Waals surface area contributed by atoms with Crippen LogP contribution in [0.4, 0.5) is 18.9 Å². The molecular weight excluding hydrogens is 429 g/mol. The molecule has 2 aliphatic heterocycles. The van der Waals surface area contributed by atoms with Crippen LogP contribution in [0.5, 0.6) is 0 Å². The number of methoxy groups -OCH3 is 1. The lowest BCUT2D eigenvalue weighted by molar-refractivity contribution is -0.137. The predicted molar refractivity (Wildman–Crippen MR) is 97.1 cm³/mol. The van der Waals surface area contributed by atoms with Gasteiger partial charge in [0.1, 0.15) is 6.61 Å². The number of thioether (sulfide) groups is 1. The minimum absolute atomic E-state index is 0.000406. The fourth-order valence-corrected chi connectivity index (χ4v) is 7.11. The van der Waals surface area contributed by atoms with Crippen LogP contribution in [-0.2, 0) is 25.5 Å². The van der Waals surface area contributed by atoms with Gasteiger partial charge in [0, 0.05) is 12.4 Å². The molecule has 0 aromatic heterocycles. The molecule has 0 spiro atoms. The molecule has 27 heavy (non-hydrogen) atoms. The van der Waals surface area contributed by atoms with E-state index in [0.717, 1.165) is 30.0 Å². The second kappa shape index (κ2) is 7.26. The van der Waals surface area contributed by atoms with Gasteiger partial charge in [-0.3, -0.25) is 4.79 Å². The summed E-state index contributed by atoms with van der Waals surface area (Å²) in [7, 11) is -2.04. The Bertz CT molecular complexity index is 905. The van der Waals surface area contributed by atoms with E-state index in [9.17, 15) is 26.4 Å². The van der Waals surface area contributed by atoms with Gasteiger partial charge in [0.15, 0.2) is 15.0 Å². The summed E-state index contributed by atoms with van der Waals surface area (Å²) in [6, 6.07) is 2.11. The molecule has 0 N–H and O–H groups in total. The first kappa shape index (κ1) is 20.4. The molecule has 2 atom stereocenters. The van der Waals surface area contributed by atoms with E-state index in [1.165, 1.54) is 12.0 Å². The Hall–Kier alpha value is -1.30. The number of fused-ring (bicyclic) bond motifs is 1. The molecule has 0 unspecified atom stereocenters. The van der Waals surface area contributed by atoms with E-state index >= 15 is 0 Å². The molecule has 2 aliphatic rings. The highest BCUT2D eigenvalue weighted by Crippen LogP contribution is 2.44. The van der Waals surface area contributed by atoms with Crippen LogP contribution in [0.3, 0.4) is 0 Å². The lowest BCUT2D eigenvalue weighted by atomic mass is 10.1. The lowest BCUT2D eigenvalue weighted by Crippen LogP contribution is -2.38. The van der Waals surface area contributed by atoms with Crippen molar-refractivity contribution >= 4 is 50.0 Å². The standard InChI is InChI=1S/C15H14ClF3N2O4S2/c1-25-5-13(22)20-14-21(11-6-27(23,24)7-12(11)26-14)10-4-8(15(17,18)19)2-3-9(10)16/h2-4,11-12H,5-7H2,1H3/t11-,12+/m0/s1. The molecule has 0 aliphatic carbocycles. The van der Waals surface area contributed by atoms with Gasteiger partial charge >= 0.3 is 6.18 Å².